The molecule has 2 aromatic heterocycles. The molecular weight excluding hydrogens is 428 g/mol. The van der Waals surface area contributed by atoms with Crippen molar-refractivity contribution < 1.29 is 13.5 Å². The Morgan fingerprint density at radius 1 is 1.00 bits per heavy atom. The summed E-state index contributed by atoms with van der Waals surface area (Å²) >= 11 is 0. The highest BCUT2D eigenvalue weighted by molar-refractivity contribution is 5.42. The van der Waals surface area contributed by atoms with Gasteiger partial charge in [0.2, 0.25) is 5.95 Å². The number of nitrogens with zero attached hydrogens (tertiary/aromatic N) is 6. The number of benzene rings is 1. The van der Waals surface area contributed by atoms with Gasteiger partial charge >= 0.3 is 6.01 Å². The Morgan fingerprint density at radius 3 is 2.48 bits per heavy atom. The van der Waals surface area contributed by atoms with Crippen LogP contribution in [0.15, 0.2) is 30.6 Å². The first kappa shape index (κ1) is 20.3. The van der Waals surface area contributed by atoms with Crippen LogP contribution in [0.2, 0.25) is 0 Å². The van der Waals surface area contributed by atoms with Crippen LogP contribution in [0.25, 0.3) is 0 Å². The lowest BCUT2D eigenvalue weighted by Gasteiger charge is -2.38. The Bertz CT molecular complexity index is 1170. The smallest absolute Gasteiger partial charge is 0.322 e. The Labute approximate surface area is 190 Å². The molecule has 0 radical (unpaired) electrons. The Kier molecular flexibility index (Phi) is 4.88. The van der Waals surface area contributed by atoms with E-state index in [0.29, 0.717) is 23.8 Å². The van der Waals surface area contributed by atoms with Gasteiger partial charge in [0.15, 0.2) is 11.6 Å². The number of halogens is 2. The van der Waals surface area contributed by atoms with Crippen LogP contribution in [0, 0.1) is 30.4 Å². The SMILES string of the molecule is Cc1cc(N2C[C@H]3CC[C@@H](C2)[C@H]3Nc2nc(Oc3ccc(F)c(F)c3)n(C3CC3)n2)ncn1. The maximum atomic E-state index is 13.6. The van der Waals surface area contributed by atoms with E-state index in [9.17, 15) is 8.78 Å². The van der Waals surface area contributed by atoms with Crippen LogP contribution in [0.1, 0.15) is 37.4 Å². The number of aryl methyl sites for hydroxylation is 1. The number of ether oxygens (including phenoxy) is 1. The predicted molar refractivity (Wildman–Crippen MR) is 117 cm³/mol. The van der Waals surface area contributed by atoms with Crippen molar-refractivity contribution >= 4 is 11.8 Å². The third-order valence-electron chi connectivity index (χ3n) is 6.84. The van der Waals surface area contributed by atoms with Crippen LogP contribution in [-0.2, 0) is 0 Å². The number of hydrogen-bond acceptors (Lipinski definition) is 7. The highest BCUT2D eigenvalue weighted by Crippen LogP contribution is 2.41. The normalized spacial score (nSPS) is 24.2. The molecule has 2 saturated carbocycles. The lowest BCUT2D eigenvalue weighted by atomic mass is 9.92. The van der Waals surface area contributed by atoms with E-state index in [1.54, 1.807) is 11.0 Å². The average Bonchev–Trinajstić information content (AvgIpc) is 3.53. The van der Waals surface area contributed by atoms with Crippen LogP contribution >= 0.6 is 0 Å². The zero-order valence-electron chi connectivity index (χ0n) is 18.3. The van der Waals surface area contributed by atoms with E-state index >= 15 is 0 Å². The van der Waals surface area contributed by atoms with E-state index in [0.717, 1.165) is 62.4 Å². The van der Waals surface area contributed by atoms with Crippen molar-refractivity contribution in [1.82, 2.24) is 24.7 Å². The molecule has 0 amide bonds. The summed E-state index contributed by atoms with van der Waals surface area (Å²) in [6.07, 6.45) is 5.91. The zero-order chi connectivity index (χ0) is 22.5. The minimum atomic E-state index is -0.953. The molecule has 6 rings (SSSR count). The molecule has 2 bridgehead atoms. The topological polar surface area (TPSA) is 81.0 Å². The van der Waals surface area contributed by atoms with Crippen LogP contribution in [-0.4, -0.2) is 43.9 Å². The summed E-state index contributed by atoms with van der Waals surface area (Å²) in [5, 5.41) is 8.21. The van der Waals surface area contributed by atoms with Gasteiger partial charge in [0.05, 0.1) is 6.04 Å². The molecular formula is C23H25F2N7O. The Morgan fingerprint density at radius 2 is 1.79 bits per heavy atom. The van der Waals surface area contributed by atoms with Gasteiger partial charge in [-0.2, -0.15) is 4.98 Å². The largest absolute Gasteiger partial charge is 0.424 e. The van der Waals surface area contributed by atoms with E-state index < -0.39 is 11.6 Å². The first-order valence-corrected chi connectivity index (χ1v) is 11.4. The minimum absolute atomic E-state index is 0.197. The van der Waals surface area contributed by atoms with Gasteiger partial charge in [-0.25, -0.2) is 23.4 Å². The van der Waals surface area contributed by atoms with Crippen LogP contribution in [0.3, 0.4) is 0 Å². The van der Waals surface area contributed by atoms with E-state index in [-0.39, 0.29) is 17.8 Å². The Balaban J connectivity index is 1.19. The molecule has 0 unspecified atom stereocenters. The third-order valence-corrected chi connectivity index (χ3v) is 6.84. The summed E-state index contributed by atoms with van der Waals surface area (Å²) in [7, 11) is 0. The fraction of sp³-hybridized carbons (Fsp3) is 0.478. The number of hydrogen-bond donors (Lipinski definition) is 1. The van der Waals surface area contributed by atoms with Crippen LogP contribution < -0.4 is 15.0 Å². The highest BCUT2D eigenvalue weighted by atomic mass is 19.2. The quantitative estimate of drug-likeness (QED) is 0.602. The highest BCUT2D eigenvalue weighted by Gasteiger charge is 2.43. The van der Waals surface area contributed by atoms with Gasteiger partial charge in [-0.3, -0.25) is 0 Å². The second-order valence-electron chi connectivity index (χ2n) is 9.26. The number of rotatable bonds is 6. The van der Waals surface area contributed by atoms with Crippen molar-refractivity contribution in [3.63, 3.8) is 0 Å². The number of anilines is 2. The monoisotopic (exact) mass is 453 g/mol. The van der Waals surface area contributed by atoms with E-state index in [2.05, 4.69) is 30.3 Å². The van der Waals surface area contributed by atoms with Crippen molar-refractivity contribution in [3.8, 4) is 11.8 Å². The molecule has 3 heterocycles. The molecule has 33 heavy (non-hydrogen) atoms. The van der Waals surface area contributed by atoms with Gasteiger partial charge in [0, 0.05) is 37.0 Å². The number of fused-ring (bicyclic) bond motifs is 2. The summed E-state index contributed by atoms with van der Waals surface area (Å²) in [5.74, 6) is 0.759. The molecule has 3 aromatic rings. The molecule has 3 aliphatic rings. The molecule has 3 atom stereocenters. The molecule has 0 spiro atoms. The van der Waals surface area contributed by atoms with Crippen molar-refractivity contribution in [2.75, 3.05) is 23.3 Å². The molecule has 1 aliphatic heterocycles. The van der Waals surface area contributed by atoms with Crippen molar-refractivity contribution in [1.29, 1.82) is 0 Å². The third kappa shape index (κ3) is 3.98. The van der Waals surface area contributed by atoms with Crippen molar-refractivity contribution in [3.05, 3.63) is 47.9 Å². The van der Waals surface area contributed by atoms with Gasteiger partial charge in [0.1, 0.15) is 17.9 Å². The Hall–Kier alpha value is -3.30. The summed E-state index contributed by atoms with van der Waals surface area (Å²) < 4.78 is 34.4. The fourth-order valence-corrected chi connectivity index (χ4v) is 5.05. The van der Waals surface area contributed by atoms with E-state index in [4.69, 9.17) is 4.74 Å². The second kappa shape index (κ2) is 7.93. The van der Waals surface area contributed by atoms with Crippen molar-refractivity contribution in [2.24, 2.45) is 11.8 Å². The molecule has 3 fully saturated rings. The standard InChI is InChI=1S/C23H25F2N7O/c1-13-8-20(27-12-26-13)31-10-14-2-3-15(11-31)21(14)28-22-29-23(32(30-22)16-4-5-16)33-17-6-7-18(24)19(25)9-17/h6-9,12,14-16,21H,2-5,10-11H2,1H3,(H,28,30)/t14-,15+,21+. The average molecular weight is 453 g/mol. The maximum Gasteiger partial charge on any atom is 0.322 e. The first-order valence-electron chi connectivity index (χ1n) is 11.4. The molecule has 1 N–H and O–H groups in total. The lowest BCUT2D eigenvalue weighted by molar-refractivity contribution is 0.374. The van der Waals surface area contributed by atoms with Gasteiger partial charge in [-0.05, 0) is 56.6 Å². The minimum Gasteiger partial charge on any atom is -0.424 e. The summed E-state index contributed by atoms with van der Waals surface area (Å²) in [4.78, 5) is 15.6. The van der Waals surface area contributed by atoms with Gasteiger partial charge in [-0.15, -0.1) is 5.10 Å². The summed E-state index contributed by atoms with van der Waals surface area (Å²) in [6, 6.07) is 6.30. The van der Waals surface area contributed by atoms with Crippen molar-refractivity contribution in [2.45, 2.75) is 44.7 Å². The van der Waals surface area contributed by atoms with E-state index in [1.165, 1.54) is 6.07 Å². The fourth-order valence-electron chi connectivity index (χ4n) is 5.05. The van der Waals surface area contributed by atoms with Crippen LogP contribution in [0.4, 0.5) is 20.5 Å². The van der Waals surface area contributed by atoms with Gasteiger partial charge < -0.3 is 15.0 Å². The van der Waals surface area contributed by atoms with Crippen LogP contribution in [0.5, 0.6) is 11.8 Å². The predicted octanol–water partition coefficient (Wildman–Crippen LogP) is 4.11. The summed E-state index contributed by atoms with van der Waals surface area (Å²) in [6.45, 7) is 3.83. The van der Waals surface area contributed by atoms with Gasteiger partial charge in [0.25, 0.3) is 0 Å². The van der Waals surface area contributed by atoms with E-state index in [1.807, 2.05) is 13.0 Å². The number of aromatic nitrogens is 5. The first-order chi connectivity index (χ1) is 16.0. The number of nitrogens with one attached hydrogen (secondary N) is 1. The summed E-state index contributed by atoms with van der Waals surface area (Å²) in [5.41, 5.74) is 0.968. The molecule has 2 aliphatic carbocycles. The maximum absolute atomic E-state index is 13.6. The second-order valence-corrected chi connectivity index (χ2v) is 9.26. The van der Waals surface area contributed by atoms with Gasteiger partial charge in [-0.1, -0.05) is 0 Å². The lowest BCUT2D eigenvalue weighted by Crippen LogP contribution is -2.48. The molecule has 1 saturated heterocycles. The number of piperidine rings is 1. The molecule has 8 nitrogen and oxygen atoms in total. The molecule has 172 valence electrons. The molecule has 1 aromatic carbocycles. The molecule has 10 heteroatoms. The zero-order valence-corrected chi connectivity index (χ0v) is 18.3.